The summed E-state index contributed by atoms with van der Waals surface area (Å²) in [5.74, 6) is -0.415. The number of nitrogen functional groups attached to an aromatic ring is 1. The number of rotatable bonds is 7. The van der Waals surface area contributed by atoms with Crippen molar-refractivity contribution in [1.29, 1.82) is 0 Å². The first-order valence-corrected chi connectivity index (χ1v) is 8.33. The number of furan rings is 1. The molecule has 10 heteroatoms. The maximum absolute atomic E-state index is 12.1. The van der Waals surface area contributed by atoms with Crippen LogP contribution in [0.3, 0.4) is 0 Å². The van der Waals surface area contributed by atoms with Crippen LogP contribution in [0.2, 0.25) is 0 Å². The van der Waals surface area contributed by atoms with E-state index in [0.717, 1.165) is 0 Å². The second-order valence-electron chi connectivity index (χ2n) is 5.43. The molecular weight excluding hydrogens is 364 g/mol. The molecule has 0 bridgehead atoms. The van der Waals surface area contributed by atoms with Crippen LogP contribution in [0.15, 0.2) is 53.4 Å². The molecule has 0 spiro atoms. The lowest BCUT2D eigenvalue weighted by atomic mass is 10.2. The average molecular weight is 382 g/mol. The normalized spacial score (nSPS) is 10.2. The fourth-order valence-corrected chi connectivity index (χ4v) is 2.29. The monoisotopic (exact) mass is 382 g/mol. The van der Waals surface area contributed by atoms with Crippen LogP contribution in [0.1, 0.15) is 27.8 Å². The molecule has 0 saturated carbocycles. The van der Waals surface area contributed by atoms with Gasteiger partial charge in [-0.2, -0.15) is 0 Å². The minimum absolute atomic E-state index is 0.127. The first kappa shape index (κ1) is 18.7. The molecule has 144 valence electrons. The molecule has 0 radical (unpaired) electrons. The summed E-state index contributed by atoms with van der Waals surface area (Å²) in [7, 11) is 0. The van der Waals surface area contributed by atoms with Crippen molar-refractivity contribution in [2.75, 3.05) is 23.1 Å². The summed E-state index contributed by atoms with van der Waals surface area (Å²) in [4.78, 5) is 32.1. The second-order valence-corrected chi connectivity index (χ2v) is 5.43. The van der Waals surface area contributed by atoms with Gasteiger partial charge in [-0.25, -0.2) is 14.8 Å². The topological polar surface area (TPSA) is 144 Å². The fourth-order valence-electron chi connectivity index (χ4n) is 2.29. The van der Waals surface area contributed by atoms with E-state index < -0.39 is 11.9 Å². The number of aromatic nitrogens is 2. The first-order valence-electron chi connectivity index (χ1n) is 8.33. The standard InChI is InChI=1S/C18H18N6O4/c1-2-27-18(26)11-6-3-4-7-12(11)22-15-14(19)16(21-10-20-15)23-24-17(25)13-8-5-9-28-13/h3-10H,2,19H2,1H3,(H,24,25)(H2,20,21,22,23). The third-order valence-corrected chi connectivity index (χ3v) is 3.60. The van der Waals surface area contributed by atoms with Crippen molar-refractivity contribution in [1.82, 2.24) is 15.4 Å². The van der Waals surface area contributed by atoms with Gasteiger partial charge in [-0.1, -0.05) is 12.1 Å². The highest BCUT2D eigenvalue weighted by atomic mass is 16.5. The molecule has 3 aromatic rings. The number of para-hydroxylation sites is 1. The lowest BCUT2D eigenvalue weighted by molar-refractivity contribution is 0.0527. The number of nitrogens with zero attached hydrogens (tertiary/aromatic N) is 2. The zero-order valence-corrected chi connectivity index (χ0v) is 14.9. The van der Waals surface area contributed by atoms with E-state index in [4.69, 9.17) is 14.9 Å². The van der Waals surface area contributed by atoms with Crippen molar-refractivity contribution >= 4 is 34.9 Å². The Morgan fingerprint density at radius 3 is 2.68 bits per heavy atom. The Balaban J connectivity index is 1.77. The molecule has 10 nitrogen and oxygen atoms in total. The van der Waals surface area contributed by atoms with Gasteiger partial charge in [-0.05, 0) is 31.2 Å². The van der Waals surface area contributed by atoms with Gasteiger partial charge < -0.3 is 20.2 Å². The summed E-state index contributed by atoms with van der Waals surface area (Å²) in [5, 5.41) is 2.99. The van der Waals surface area contributed by atoms with E-state index in [0.29, 0.717) is 11.3 Å². The summed E-state index contributed by atoms with van der Waals surface area (Å²) in [6.07, 6.45) is 2.64. The number of hydrogen-bond donors (Lipinski definition) is 4. The van der Waals surface area contributed by atoms with Gasteiger partial charge in [0.15, 0.2) is 17.4 Å². The molecule has 2 aromatic heterocycles. The summed E-state index contributed by atoms with van der Waals surface area (Å²) >= 11 is 0. The van der Waals surface area contributed by atoms with Crippen molar-refractivity contribution in [3.63, 3.8) is 0 Å². The Labute approximate surface area is 160 Å². The van der Waals surface area contributed by atoms with Crippen molar-refractivity contribution in [3.8, 4) is 0 Å². The number of nitrogens with two attached hydrogens (primary N) is 1. The Morgan fingerprint density at radius 2 is 1.93 bits per heavy atom. The molecule has 2 heterocycles. The Bertz CT molecular complexity index is 974. The summed E-state index contributed by atoms with van der Waals surface area (Å²) in [6, 6.07) is 9.90. The number of esters is 1. The van der Waals surface area contributed by atoms with Crippen LogP contribution in [0.4, 0.5) is 23.0 Å². The van der Waals surface area contributed by atoms with Crippen molar-refractivity contribution in [2.45, 2.75) is 6.92 Å². The van der Waals surface area contributed by atoms with Crippen LogP contribution in [0, 0.1) is 0 Å². The number of nitrogens with one attached hydrogen (secondary N) is 3. The van der Waals surface area contributed by atoms with Gasteiger partial charge in [0.2, 0.25) is 0 Å². The molecule has 1 amide bonds. The molecule has 3 rings (SSSR count). The Hall–Kier alpha value is -4.08. The maximum atomic E-state index is 12.1. The minimum atomic E-state index is -0.495. The van der Waals surface area contributed by atoms with Crippen molar-refractivity contribution in [3.05, 3.63) is 60.3 Å². The van der Waals surface area contributed by atoms with Gasteiger partial charge in [-0.15, -0.1) is 0 Å². The van der Waals surface area contributed by atoms with Crippen LogP contribution in [-0.2, 0) is 4.74 Å². The minimum Gasteiger partial charge on any atom is -0.462 e. The molecule has 0 aliphatic heterocycles. The SMILES string of the molecule is CCOC(=O)c1ccccc1Nc1ncnc(NNC(=O)c2ccco2)c1N. The number of ether oxygens (including phenoxy) is 1. The highest BCUT2D eigenvalue weighted by Gasteiger charge is 2.15. The fraction of sp³-hybridized carbons (Fsp3) is 0.111. The summed E-state index contributed by atoms with van der Waals surface area (Å²) in [6.45, 7) is 1.98. The van der Waals surface area contributed by atoms with Crippen LogP contribution in [0.5, 0.6) is 0 Å². The van der Waals surface area contributed by atoms with Crippen LogP contribution >= 0.6 is 0 Å². The van der Waals surface area contributed by atoms with Crippen molar-refractivity contribution < 1.29 is 18.7 Å². The molecule has 28 heavy (non-hydrogen) atoms. The first-order chi connectivity index (χ1) is 13.6. The van der Waals surface area contributed by atoms with Crippen LogP contribution in [0.25, 0.3) is 0 Å². The van der Waals surface area contributed by atoms with E-state index in [1.54, 1.807) is 37.3 Å². The second kappa shape index (κ2) is 8.54. The van der Waals surface area contributed by atoms with E-state index >= 15 is 0 Å². The number of anilines is 4. The van der Waals surface area contributed by atoms with Gasteiger partial charge in [0, 0.05) is 0 Å². The molecule has 0 atom stereocenters. The number of hydrazine groups is 1. The van der Waals surface area contributed by atoms with Crippen LogP contribution in [-0.4, -0.2) is 28.5 Å². The zero-order valence-electron chi connectivity index (χ0n) is 14.9. The van der Waals surface area contributed by atoms with Gasteiger partial charge in [0.1, 0.15) is 12.0 Å². The quantitative estimate of drug-likeness (QED) is 0.357. The number of hydrogen-bond acceptors (Lipinski definition) is 9. The molecule has 0 aliphatic rings. The summed E-state index contributed by atoms with van der Waals surface area (Å²) in [5.41, 5.74) is 12.1. The average Bonchev–Trinajstić information content (AvgIpc) is 3.24. The molecule has 5 N–H and O–H groups in total. The molecule has 0 aliphatic carbocycles. The third-order valence-electron chi connectivity index (χ3n) is 3.60. The largest absolute Gasteiger partial charge is 0.462 e. The van der Waals surface area contributed by atoms with E-state index in [-0.39, 0.29) is 29.7 Å². The lowest BCUT2D eigenvalue weighted by Gasteiger charge is -2.14. The van der Waals surface area contributed by atoms with Crippen molar-refractivity contribution in [2.24, 2.45) is 0 Å². The van der Waals surface area contributed by atoms with Gasteiger partial charge in [0.05, 0.1) is 24.1 Å². The molecule has 0 saturated heterocycles. The Kier molecular flexibility index (Phi) is 5.70. The molecular formula is C18H18N6O4. The molecule has 0 fully saturated rings. The Morgan fingerprint density at radius 1 is 1.14 bits per heavy atom. The number of carbonyl (C=O) groups excluding carboxylic acids is 2. The maximum Gasteiger partial charge on any atom is 0.340 e. The number of amides is 1. The van der Waals surface area contributed by atoms with Gasteiger partial charge in [-0.3, -0.25) is 15.6 Å². The predicted octanol–water partition coefficient (Wildman–Crippen LogP) is 2.33. The highest BCUT2D eigenvalue weighted by Crippen LogP contribution is 2.27. The predicted molar refractivity (Wildman–Crippen MR) is 102 cm³/mol. The number of carbonyl (C=O) groups is 2. The highest BCUT2D eigenvalue weighted by molar-refractivity contribution is 5.97. The van der Waals surface area contributed by atoms with E-state index in [1.807, 2.05) is 0 Å². The molecule has 1 aromatic carbocycles. The zero-order chi connectivity index (χ0) is 19.9. The third kappa shape index (κ3) is 4.18. The van der Waals surface area contributed by atoms with E-state index in [2.05, 4.69) is 26.1 Å². The summed E-state index contributed by atoms with van der Waals surface area (Å²) < 4.78 is 10.0. The van der Waals surface area contributed by atoms with E-state index in [1.165, 1.54) is 18.7 Å². The van der Waals surface area contributed by atoms with Crippen LogP contribution < -0.4 is 21.9 Å². The smallest absolute Gasteiger partial charge is 0.340 e. The van der Waals surface area contributed by atoms with Gasteiger partial charge >= 0.3 is 11.9 Å². The molecule has 0 unspecified atom stereocenters. The number of benzene rings is 1. The van der Waals surface area contributed by atoms with Gasteiger partial charge in [0.25, 0.3) is 0 Å². The van der Waals surface area contributed by atoms with E-state index in [9.17, 15) is 9.59 Å². The lowest BCUT2D eigenvalue weighted by Crippen LogP contribution is -2.30.